The molecule has 2 aromatic carbocycles. The fraction of sp³-hybridized carbons (Fsp3) is 0. The molecule has 9 nitrogen and oxygen atoms in total. The topological polar surface area (TPSA) is 124 Å². The molecule has 0 saturated carbocycles. The van der Waals surface area contributed by atoms with Crippen LogP contribution in [0.15, 0.2) is 53.4 Å². The van der Waals surface area contributed by atoms with E-state index in [1.54, 1.807) is 6.07 Å². The maximum Gasteiger partial charge on any atom is 0.273 e. The maximum atomic E-state index is 12.6. The number of hydrogen-bond acceptors (Lipinski definition) is 8. The van der Waals surface area contributed by atoms with Crippen molar-refractivity contribution < 1.29 is 19.4 Å². The minimum atomic E-state index is -0.784. The Morgan fingerprint density at radius 3 is 2.29 bits per heavy atom. The summed E-state index contributed by atoms with van der Waals surface area (Å²) in [6, 6.07) is 10.6. The van der Waals surface area contributed by atoms with Crippen LogP contribution in [-0.4, -0.2) is 30.9 Å². The third kappa shape index (κ3) is 3.80. The van der Waals surface area contributed by atoms with E-state index in [-0.39, 0.29) is 26.2 Å². The van der Waals surface area contributed by atoms with Gasteiger partial charge in [0.2, 0.25) is 0 Å². The number of carbonyl (C=O) groups is 2. The van der Waals surface area contributed by atoms with Gasteiger partial charge in [0.25, 0.3) is 23.2 Å². The summed E-state index contributed by atoms with van der Waals surface area (Å²) in [4.78, 5) is 46.7. The lowest BCUT2D eigenvalue weighted by Gasteiger charge is -2.12. The van der Waals surface area contributed by atoms with E-state index < -0.39 is 21.7 Å². The molecule has 0 spiro atoms. The van der Waals surface area contributed by atoms with Gasteiger partial charge in [-0.2, -0.15) is 0 Å². The zero-order chi connectivity index (χ0) is 20.4. The number of amides is 2. The van der Waals surface area contributed by atoms with Crippen LogP contribution < -0.4 is 0 Å². The van der Waals surface area contributed by atoms with Crippen LogP contribution in [-0.2, 0) is 4.79 Å². The summed E-state index contributed by atoms with van der Waals surface area (Å²) in [7, 11) is 0. The van der Waals surface area contributed by atoms with Crippen LogP contribution in [0.5, 0.6) is 0 Å². The van der Waals surface area contributed by atoms with E-state index in [1.807, 2.05) is 0 Å². The van der Waals surface area contributed by atoms with E-state index in [1.165, 1.54) is 42.5 Å². The predicted molar refractivity (Wildman–Crippen MR) is 106 cm³/mol. The number of thioether (sulfide) groups is 1. The second-order valence-electron chi connectivity index (χ2n) is 5.48. The normalized spacial score (nSPS) is 15.1. The number of hydrogen-bond donors (Lipinski definition) is 0. The average Bonchev–Trinajstić information content (AvgIpc) is 2.94. The molecule has 0 atom stereocenters. The quantitative estimate of drug-likeness (QED) is 0.244. The smallest absolute Gasteiger partial charge is 0.268 e. The van der Waals surface area contributed by atoms with E-state index in [0.29, 0.717) is 5.56 Å². The summed E-state index contributed by atoms with van der Waals surface area (Å²) in [6.07, 6.45) is 1.40. The van der Waals surface area contributed by atoms with Gasteiger partial charge < -0.3 is 0 Å². The molecule has 0 radical (unpaired) electrons. The van der Waals surface area contributed by atoms with Crippen LogP contribution in [0, 0.1) is 20.2 Å². The van der Waals surface area contributed by atoms with Crippen molar-refractivity contribution in [3.05, 3.63) is 84.8 Å². The minimum absolute atomic E-state index is 0.0295. The first-order valence-corrected chi connectivity index (χ1v) is 8.81. The van der Waals surface area contributed by atoms with Crippen molar-refractivity contribution in [1.29, 1.82) is 0 Å². The van der Waals surface area contributed by atoms with Crippen LogP contribution in [0.3, 0.4) is 0 Å². The maximum absolute atomic E-state index is 12.6. The number of imide groups is 1. The molecule has 1 fully saturated rings. The Labute approximate surface area is 166 Å². The molecule has 0 bridgehead atoms. The molecule has 1 heterocycles. The van der Waals surface area contributed by atoms with Crippen molar-refractivity contribution in [2.75, 3.05) is 0 Å². The van der Waals surface area contributed by atoms with E-state index in [0.717, 1.165) is 22.7 Å². The molecule has 0 aromatic heterocycles. The molecule has 0 N–H and O–H groups in total. The highest BCUT2D eigenvalue weighted by atomic mass is 32.2. The lowest BCUT2D eigenvalue weighted by molar-refractivity contribution is -0.385. The molecule has 1 aliphatic rings. The van der Waals surface area contributed by atoms with Crippen LogP contribution >= 0.6 is 24.0 Å². The first kappa shape index (κ1) is 19.3. The number of nitrogens with zero attached hydrogens (tertiary/aromatic N) is 3. The Balaban J connectivity index is 1.90. The summed E-state index contributed by atoms with van der Waals surface area (Å²) in [5, 5.41) is 21.8. The summed E-state index contributed by atoms with van der Waals surface area (Å²) < 4.78 is -0.0295. The summed E-state index contributed by atoms with van der Waals surface area (Å²) >= 11 is 5.97. The first-order chi connectivity index (χ1) is 13.3. The van der Waals surface area contributed by atoms with Gasteiger partial charge in [-0.05, 0) is 17.7 Å². The third-order valence-electron chi connectivity index (χ3n) is 3.68. The van der Waals surface area contributed by atoms with Crippen molar-refractivity contribution in [1.82, 2.24) is 4.90 Å². The number of carbonyl (C=O) groups excluding carboxylic acids is 2. The number of thiocarbonyl (C=S) groups is 1. The lowest BCUT2D eigenvalue weighted by Crippen LogP contribution is -2.34. The lowest BCUT2D eigenvalue weighted by atomic mass is 10.1. The molecule has 28 heavy (non-hydrogen) atoms. The fourth-order valence-corrected chi connectivity index (χ4v) is 3.66. The second kappa shape index (κ2) is 7.66. The van der Waals surface area contributed by atoms with Crippen molar-refractivity contribution in [3.8, 4) is 0 Å². The summed E-state index contributed by atoms with van der Waals surface area (Å²) in [6.45, 7) is 0. The van der Waals surface area contributed by atoms with Crippen molar-refractivity contribution in [2.45, 2.75) is 0 Å². The van der Waals surface area contributed by atoms with Gasteiger partial charge in [-0.1, -0.05) is 42.2 Å². The van der Waals surface area contributed by atoms with E-state index in [4.69, 9.17) is 12.2 Å². The molecule has 0 aliphatic carbocycles. The summed E-state index contributed by atoms with van der Waals surface area (Å²) in [5.74, 6) is -1.48. The SMILES string of the molecule is O=C1/C(=C\c2cccc([N+](=O)[O-])c2)SC(=S)N1C(=O)c1cccc([N+](=O)[O-])c1. The van der Waals surface area contributed by atoms with Gasteiger partial charge in [0, 0.05) is 29.8 Å². The molecule has 140 valence electrons. The fourth-order valence-electron chi connectivity index (χ4n) is 2.40. The third-order valence-corrected chi connectivity index (χ3v) is 4.98. The van der Waals surface area contributed by atoms with Gasteiger partial charge >= 0.3 is 0 Å². The molecular weight excluding hydrogens is 406 g/mol. The number of benzene rings is 2. The Morgan fingerprint density at radius 2 is 1.64 bits per heavy atom. The van der Waals surface area contributed by atoms with Gasteiger partial charge in [-0.15, -0.1) is 0 Å². The molecule has 2 aromatic rings. The second-order valence-corrected chi connectivity index (χ2v) is 7.16. The van der Waals surface area contributed by atoms with Gasteiger partial charge in [0.15, 0.2) is 4.32 Å². The minimum Gasteiger partial charge on any atom is -0.268 e. The zero-order valence-corrected chi connectivity index (χ0v) is 15.4. The highest BCUT2D eigenvalue weighted by Gasteiger charge is 2.37. The first-order valence-electron chi connectivity index (χ1n) is 7.59. The number of rotatable bonds is 4. The highest BCUT2D eigenvalue weighted by Crippen LogP contribution is 2.34. The van der Waals surface area contributed by atoms with E-state index in [9.17, 15) is 29.8 Å². The number of non-ortho nitro benzene ring substituents is 2. The number of nitro benzene ring substituents is 2. The van der Waals surface area contributed by atoms with Crippen LogP contribution in [0.4, 0.5) is 11.4 Å². The number of nitro groups is 2. The van der Waals surface area contributed by atoms with Crippen molar-refractivity contribution >= 4 is 57.6 Å². The van der Waals surface area contributed by atoms with Gasteiger partial charge in [0.1, 0.15) is 0 Å². The molecule has 0 unspecified atom stereocenters. The molecule has 3 rings (SSSR count). The Morgan fingerprint density at radius 1 is 1.04 bits per heavy atom. The van der Waals surface area contributed by atoms with Gasteiger partial charge in [-0.25, -0.2) is 4.90 Å². The zero-order valence-electron chi connectivity index (χ0n) is 13.8. The van der Waals surface area contributed by atoms with Gasteiger partial charge in [0.05, 0.1) is 14.8 Å². The largest absolute Gasteiger partial charge is 0.273 e. The molecule has 1 aliphatic heterocycles. The summed E-state index contributed by atoms with van der Waals surface area (Å²) in [5.41, 5.74) is -0.0834. The molecule has 2 amide bonds. The van der Waals surface area contributed by atoms with Crippen LogP contribution in [0.25, 0.3) is 6.08 Å². The van der Waals surface area contributed by atoms with E-state index in [2.05, 4.69) is 0 Å². The molecule has 11 heteroatoms. The Bertz CT molecular complexity index is 1080. The molecule has 1 saturated heterocycles. The van der Waals surface area contributed by atoms with Crippen LogP contribution in [0.1, 0.15) is 15.9 Å². The molecular formula is C17H9N3O6S2. The van der Waals surface area contributed by atoms with E-state index >= 15 is 0 Å². The van der Waals surface area contributed by atoms with Crippen LogP contribution in [0.2, 0.25) is 0 Å². The van der Waals surface area contributed by atoms with Crippen molar-refractivity contribution in [3.63, 3.8) is 0 Å². The Hall–Kier alpha value is -3.44. The Kier molecular flexibility index (Phi) is 5.29. The standard InChI is InChI=1S/C17H9N3O6S2/c21-15(11-4-2-6-13(9-11)20(25)26)18-16(22)14(28-17(18)27)8-10-3-1-5-12(7-10)19(23)24/h1-9H/b14-8+. The van der Waals surface area contributed by atoms with Gasteiger partial charge in [-0.3, -0.25) is 29.8 Å². The highest BCUT2D eigenvalue weighted by molar-refractivity contribution is 8.26. The predicted octanol–water partition coefficient (Wildman–Crippen LogP) is 3.54. The van der Waals surface area contributed by atoms with Crippen molar-refractivity contribution in [2.24, 2.45) is 0 Å². The average molecular weight is 415 g/mol. The monoisotopic (exact) mass is 415 g/mol.